The maximum absolute atomic E-state index is 5.88. The number of hydrogen-bond acceptors (Lipinski definition) is 5. The normalized spacial score (nSPS) is 10.6. The van der Waals surface area contributed by atoms with Crippen LogP contribution in [0.5, 0.6) is 0 Å². The van der Waals surface area contributed by atoms with Crippen molar-refractivity contribution >= 4 is 21.6 Å². The number of benzene rings is 1. The molecule has 5 nitrogen and oxygen atoms in total. The van der Waals surface area contributed by atoms with Crippen molar-refractivity contribution < 1.29 is 4.52 Å². The molecule has 0 saturated heterocycles. The highest BCUT2D eigenvalue weighted by atomic mass is 79.9. The summed E-state index contributed by atoms with van der Waals surface area (Å²) in [6.45, 7) is 0. The molecular formula is C13H9BrN4O. The molecule has 0 radical (unpaired) electrons. The lowest BCUT2D eigenvalue weighted by atomic mass is 10.2. The van der Waals surface area contributed by atoms with E-state index in [4.69, 9.17) is 10.3 Å². The van der Waals surface area contributed by atoms with Gasteiger partial charge >= 0.3 is 0 Å². The molecule has 0 saturated carbocycles. The molecule has 19 heavy (non-hydrogen) atoms. The van der Waals surface area contributed by atoms with Gasteiger partial charge in [-0.05, 0) is 34.1 Å². The number of nitrogens with two attached hydrogens (primary N) is 1. The van der Waals surface area contributed by atoms with Crippen LogP contribution < -0.4 is 5.73 Å². The standard InChI is InChI=1S/C13H9BrN4O/c14-9-5-8(6-16-7-9)12-17-13(19-18-12)10-3-1-2-4-11(10)15/h1-7H,15H2. The van der Waals surface area contributed by atoms with E-state index < -0.39 is 0 Å². The summed E-state index contributed by atoms with van der Waals surface area (Å²) < 4.78 is 6.10. The molecule has 0 unspecified atom stereocenters. The first kappa shape index (κ1) is 11.9. The van der Waals surface area contributed by atoms with Crippen LogP contribution >= 0.6 is 15.9 Å². The molecule has 2 N–H and O–H groups in total. The molecule has 1 aromatic carbocycles. The Labute approximate surface area is 117 Å². The van der Waals surface area contributed by atoms with E-state index >= 15 is 0 Å². The van der Waals surface area contributed by atoms with Crippen LogP contribution in [-0.2, 0) is 0 Å². The lowest BCUT2D eigenvalue weighted by Crippen LogP contribution is -1.89. The van der Waals surface area contributed by atoms with E-state index in [1.807, 2.05) is 24.3 Å². The number of pyridine rings is 1. The van der Waals surface area contributed by atoms with Crippen LogP contribution in [0, 0.1) is 0 Å². The van der Waals surface area contributed by atoms with Crippen molar-refractivity contribution in [2.45, 2.75) is 0 Å². The summed E-state index contributed by atoms with van der Waals surface area (Å²) in [6, 6.07) is 9.23. The second-order valence-corrected chi connectivity index (χ2v) is 4.82. The zero-order valence-corrected chi connectivity index (χ0v) is 11.3. The van der Waals surface area contributed by atoms with Crippen LogP contribution in [0.25, 0.3) is 22.8 Å². The summed E-state index contributed by atoms with van der Waals surface area (Å²) in [6.07, 6.45) is 3.37. The number of para-hydroxylation sites is 1. The fraction of sp³-hybridized carbons (Fsp3) is 0. The molecule has 0 bridgehead atoms. The quantitative estimate of drug-likeness (QED) is 0.735. The van der Waals surface area contributed by atoms with Crippen LogP contribution in [-0.4, -0.2) is 15.1 Å². The summed E-state index contributed by atoms with van der Waals surface area (Å²) in [7, 11) is 0. The van der Waals surface area contributed by atoms with Crippen LogP contribution in [0.4, 0.5) is 5.69 Å². The third-order valence-electron chi connectivity index (χ3n) is 2.58. The van der Waals surface area contributed by atoms with Gasteiger partial charge in [0.25, 0.3) is 5.89 Å². The largest absolute Gasteiger partial charge is 0.398 e. The van der Waals surface area contributed by atoms with Crippen LogP contribution in [0.15, 0.2) is 51.7 Å². The Morgan fingerprint density at radius 1 is 1.16 bits per heavy atom. The minimum Gasteiger partial charge on any atom is -0.398 e. The number of nitrogen functional groups attached to an aromatic ring is 1. The Morgan fingerprint density at radius 3 is 2.79 bits per heavy atom. The maximum atomic E-state index is 5.88. The second-order valence-electron chi connectivity index (χ2n) is 3.90. The van der Waals surface area contributed by atoms with E-state index in [1.54, 1.807) is 18.5 Å². The average Bonchev–Trinajstić information content (AvgIpc) is 2.89. The van der Waals surface area contributed by atoms with Gasteiger partial charge in [-0.2, -0.15) is 4.98 Å². The number of aromatic nitrogens is 3. The Morgan fingerprint density at radius 2 is 2.00 bits per heavy atom. The van der Waals surface area contributed by atoms with Crippen molar-refractivity contribution in [2.75, 3.05) is 5.73 Å². The minimum atomic E-state index is 0.396. The highest BCUT2D eigenvalue weighted by molar-refractivity contribution is 9.10. The fourth-order valence-corrected chi connectivity index (χ4v) is 2.04. The minimum absolute atomic E-state index is 0.396. The molecule has 0 aliphatic rings. The van der Waals surface area contributed by atoms with E-state index in [9.17, 15) is 0 Å². The van der Waals surface area contributed by atoms with Gasteiger partial charge in [0.2, 0.25) is 5.82 Å². The molecule has 0 fully saturated rings. The van der Waals surface area contributed by atoms with Crippen molar-refractivity contribution in [3.8, 4) is 22.8 Å². The molecule has 2 heterocycles. The van der Waals surface area contributed by atoms with E-state index in [2.05, 4.69) is 31.1 Å². The first-order chi connectivity index (χ1) is 9.24. The summed E-state index contributed by atoms with van der Waals surface area (Å²) in [5, 5.41) is 3.94. The molecule has 94 valence electrons. The molecule has 0 amide bonds. The van der Waals surface area contributed by atoms with Gasteiger partial charge in [-0.3, -0.25) is 4.98 Å². The molecule has 3 aromatic rings. The van der Waals surface area contributed by atoms with Gasteiger partial charge in [-0.25, -0.2) is 0 Å². The number of hydrogen-bond donors (Lipinski definition) is 1. The Balaban J connectivity index is 2.03. The topological polar surface area (TPSA) is 77.8 Å². The number of rotatable bonds is 2. The molecule has 6 heteroatoms. The molecule has 0 spiro atoms. The monoisotopic (exact) mass is 316 g/mol. The Kier molecular flexibility index (Phi) is 3.00. The van der Waals surface area contributed by atoms with Gasteiger partial charge in [0.1, 0.15) is 0 Å². The lowest BCUT2D eigenvalue weighted by Gasteiger charge is -1.98. The zero-order valence-electron chi connectivity index (χ0n) is 9.75. The van der Waals surface area contributed by atoms with Crippen molar-refractivity contribution in [3.63, 3.8) is 0 Å². The SMILES string of the molecule is Nc1ccccc1-c1nc(-c2cncc(Br)c2)no1. The number of anilines is 1. The summed E-state index contributed by atoms with van der Waals surface area (Å²) in [5.41, 5.74) is 7.98. The van der Waals surface area contributed by atoms with Crippen LogP contribution in [0.3, 0.4) is 0 Å². The highest BCUT2D eigenvalue weighted by Crippen LogP contribution is 2.26. The third-order valence-corrected chi connectivity index (χ3v) is 3.01. The molecule has 2 aromatic heterocycles. The first-order valence-corrected chi connectivity index (χ1v) is 6.33. The molecule has 0 aliphatic carbocycles. The third kappa shape index (κ3) is 2.34. The van der Waals surface area contributed by atoms with Crippen molar-refractivity contribution in [1.82, 2.24) is 15.1 Å². The van der Waals surface area contributed by atoms with Gasteiger partial charge < -0.3 is 10.3 Å². The average molecular weight is 317 g/mol. The van der Waals surface area contributed by atoms with E-state index in [0.29, 0.717) is 17.4 Å². The molecule has 0 atom stereocenters. The number of nitrogens with zero attached hydrogens (tertiary/aromatic N) is 3. The van der Waals surface area contributed by atoms with Crippen molar-refractivity contribution in [2.24, 2.45) is 0 Å². The van der Waals surface area contributed by atoms with Crippen molar-refractivity contribution in [1.29, 1.82) is 0 Å². The molecule has 0 aliphatic heterocycles. The summed E-state index contributed by atoms with van der Waals surface area (Å²) in [5.74, 6) is 0.875. The number of halogens is 1. The van der Waals surface area contributed by atoms with Crippen LogP contribution in [0.1, 0.15) is 0 Å². The fourth-order valence-electron chi connectivity index (χ4n) is 1.68. The molecule has 3 rings (SSSR count). The maximum Gasteiger partial charge on any atom is 0.260 e. The first-order valence-electron chi connectivity index (χ1n) is 5.53. The predicted octanol–water partition coefficient (Wildman–Crippen LogP) is 3.14. The van der Waals surface area contributed by atoms with Gasteiger partial charge in [0.05, 0.1) is 5.56 Å². The Hall–Kier alpha value is -2.21. The smallest absolute Gasteiger partial charge is 0.260 e. The lowest BCUT2D eigenvalue weighted by molar-refractivity contribution is 0.432. The highest BCUT2D eigenvalue weighted by Gasteiger charge is 2.12. The van der Waals surface area contributed by atoms with Gasteiger partial charge in [-0.1, -0.05) is 17.3 Å². The van der Waals surface area contributed by atoms with Gasteiger partial charge in [0, 0.05) is 28.1 Å². The molecular weight excluding hydrogens is 308 g/mol. The Bertz CT molecular complexity index is 726. The summed E-state index contributed by atoms with van der Waals surface area (Å²) >= 11 is 3.35. The second kappa shape index (κ2) is 4.81. The van der Waals surface area contributed by atoms with Crippen LogP contribution in [0.2, 0.25) is 0 Å². The van der Waals surface area contributed by atoms with E-state index in [0.717, 1.165) is 15.6 Å². The zero-order chi connectivity index (χ0) is 13.2. The summed E-state index contributed by atoms with van der Waals surface area (Å²) in [4.78, 5) is 8.40. The van der Waals surface area contributed by atoms with Gasteiger partial charge in [-0.15, -0.1) is 0 Å². The predicted molar refractivity (Wildman–Crippen MR) is 75.1 cm³/mol. The van der Waals surface area contributed by atoms with E-state index in [1.165, 1.54) is 0 Å². The van der Waals surface area contributed by atoms with E-state index in [-0.39, 0.29) is 0 Å². The van der Waals surface area contributed by atoms with Crippen molar-refractivity contribution in [3.05, 3.63) is 47.2 Å². The van der Waals surface area contributed by atoms with Gasteiger partial charge in [0.15, 0.2) is 0 Å².